The van der Waals surface area contributed by atoms with E-state index < -0.39 is 5.54 Å². The van der Waals surface area contributed by atoms with Gasteiger partial charge in [-0.2, -0.15) is 0 Å². The van der Waals surface area contributed by atoms with Gasteiger partial charge in [0.25, 0.3) is 5.91 Å². The van der Waals surface area contributed by atoms with E-state index in [-0.39, 0.29) is 11.7 Å². The van der Waals surface area contributed by atoms with Gasteiger partial charge in [0, 0.05) is 6.20 Å². The fourth-order valence-electron chi connectivity index (χ4n) is 2.57. The molecule has 0 aliphatic heterocycles. The maximum absolute atomic E-state index is 12.3. The van der Waals surface area contributed by atoms with Crippen LogP contribution in [0.25, 0.3) is 0 Å². The molecular weight excluding hydrogens is 256 g/mol. The van der Waals surface area contributed by atoms with Gasteiger partial charge in [0.2, 0.25) is 0 Å². The number of carbonyl (C=O) groups excluding carboxylic acids is 1. The third kappa shape index (κ3) is 2.89. The van der Waals surface area contributed by atoms with Crippen LogP contribution in [0.3, 0.4) is 0 Å². The van der Waals surface area contributed by atoms with Crippen molar-refractivity contribution in [3.63, 3.8) is 0 Å². The normalized spacial score (nSPS) is 27.1. The molecule has 1 heterocycles. The quantitative estimate of drug-likeness (QED) is 0.337. The molecule has 2 rings (SSSR count). The first-order valence-electron chi connectivity index (χ1n) is 6.79. The minimum Gasteiger partial charge on any atom is -0.409 e. The minimum absolute atomic E-state index is 0.0636. The van der Waals surface area contributed by atoms with Gasteiger partial charge in [0.15, 0.2) is 5.84 Å². The van der Waals surface area contributed by atoms with E-state index in [1.807, 2.05) is 0 Å². The number of aromatic nitrogens is 1. The van der Waals surface area contributed by atoms with Crippen molar-refractivity contribution >= 4 is 11.7 Å². The molecule has 0 unspecified atom stereocenters. The number of oxime groups is 1. The first kappa shape index (κ1) is 14.3. The zero-order valence-corrected chi connectivity index (χ0v) is 11.5. The van der Waals surface area contributed by atoms with E-state index in [2.05, 4.69) is 22.4 Å². The summed E-state index contributed by atoms with van der Waals surface area (Å²) >= 11 is 0. The summed E-state index contributed by atoms with van der Waals surface area (Å²) in [7, 11) is 0. The van der Waals surface area contributed by atoms with Crippen LogP contribution in [0.2, 0.25) is 0 Å². The molecule has 6 heteroatoms. The molecule has 0 aromatic carbocycles. The van der Waals surface area contributed by atoms with Gasteiger partial charge in [0.1, 0.15) is 11.2 Å². The Morgan fingerprint density at radius 1 is 1.50 bits per heavy atom. The second kappa shape index (κ2) is 5.90. The molecule has 0 saturated heterocycles. The highest BCUT2D eigenvalue weighted by molar-refractivity contribution is 5.99. The summed E-state index contributed by atoms with van der Waals surface area (Å²) in [6, 6.07) is 5.14. The zero-order chi connectivity index (χ0) is 14.6. The van der Waals surface area contributed by atoms with Gasteiger partial charge in [-0.05, 0) is 43.7 Å². The topological polar surface area (TPSA) is 101 Å². The number of hydrogen-bond acceptors (Lipinski definition) is 4. The lowest BCUT2D eigenvalue weighted by molar-refractivity contribution is 0.0892. The molecule has 108 valence electrons. The third-order valence-corrected chi connectivity index (χ3v) is 3.98. The average molecular weight is 276 g/mol. The van der Waals surface area contributed by atoms with Crippen molar-refractivity contribution < 1.29 is 10.0 Å². The van der Waals surface area contributed by atoms with Crippen molar-refractivity contribution in [1.82, 2.24) is 10.3 Å². The minimum atomic E-state index is -0.768. The molecule has 1 aromatic rings. The number of pyridine rings is 1. The molecule has 0 atom stereocenters. The van der Waals surface area contributed by atoms with Gasteiger partial charge < -0.3 is 16.3 Å². The summed E-state index contributed by atoms with van der Waals surface area (Å²) in [4.78, 5) is 16.3. The summed E-state index contributed by atoms with van der Waals surface area (Å²) in [6.07, 6.45) is 4.76. The highest BCUT2D eigenvalue weighted by atomic mass is 16.4. The number of nitrogens with zero attached hydrogens (tertiary/aromatic N) is 2. The van der Waals surface area contributed by atoms with Crippen molar-refractivity contribution in [2.45, 2.75) is 38.1 Å². The van der Waals surface area contributed by atoms with Crippen LogP contribution in [0.1, 0.15) is 43.1 Å². The molecular formula is C14H20N4O2. The number of amidine groups is 1. The molecule has 1 aliphatic rings. The van der Waals surface area contributed by atoms with Crippen LogP contribution < -0.4 is 11.1 Å². The number of amides is 1. The fourth-order valence-corrected chi connectivity index (χ4v) is 2.57. The number of rotatable bonds is 3. The summed E-state index contributed by atoms with van der Waals surface area (Å²) in [5.41, 5.74) is 5.38. The Morgan fingerprint density at radius 3 is 2.75 bits per heavy atom. The Morgan fingerprint density at radius 2 is 2.20 bits per heavy atom. The predicted molar refractivity (Wildman–Crippen MR) is 75.5 cm³/mol. The molecule has 1 aromatic heterocycles. The Bertz CT molecular complexity index is 493. The van der Waals surface area contributed by atoms with Gasteiger partial charge >= 0.3 is 0 Å². The van der Waals surface area contributed by atoms with E-state index in [1.165, 1.54) is 0 Å². The van der Waals surface area contributed by atoms with Crippen LogP contribution in [0.4, 0.5) is 0 Å². The maximum Gasteiger partial charge on any atom is 0.270 e. The van der Waals surface area contributed by atoms with E-state index in [1.54, 1.807) is 24.4 Å². The molecule has 20 heavy (non-hydrogen) atoms. The lowest BCUT2D eigenvalue weighted by Gasteiger charge is -2.38. The van der Waals surface area contributed by atoms with Crippen LogP contribution in [0.5, 0.6) is 0 Å². The second-order valence-electron chi connectivity index (χ2n) is 5.42. The van der Waals surface area contributed by atoms with E-state index in [0.29, 0.717) is 24.5 Å². The van der Waals surface area contributed by atoms with Crippen LogP contribution in [0, 0.1) is 5.92 Å². The van der Waals surface area contributed by atoms with Crippen molar-refractivity contribution in [2.75, 3.05) is 0 Å². The van der Waals surface area contributed by atoms with Crippen LogP contribution in [-0.4, -0.2) is 27.5 Å². The molecule has 0 spiro atoms. The van der Waals surface area contributed by atoms with Gasteiger partial charge in [-0.25, -0.2) is 0 Å². The molecule has 4 N–H and O–H groups in total. The Balaban J connectivity index is 2.19. The predicted octanol–water partition coefficient (Wildman–Crippen LogP) is 1.51. The third-order valence-electron chi connectivity index (χ3n) is 3.98. The largest absolute Gasteiger partial charge is 0.409 e. The lowest BCUT2D eigenvalue weighted by atomic mass is 9.76. The number of nitrogens with two attached hydrogens (primary N) is 1. The molecule has 1 aliphatic carbocycles. The van der Waals surface area contributed by atoms with Crippen LogP contribution >= 0.6 is 0 Å². The zero-order valence-electron chi connectivity index (χ0n) is 11.5. The maximum atomic E-state index is 12.3. The summed E-state index contributed by atoms with van der Waals surface area (Å²) < 4.78 is 0. The van der Waals surface area contributed by atoms with Gasteiger partial charge in [-0.15, -0.1) is 0 Å². The Hall–Kier alpha value is -2.11. The van der Waals surface area contributed by atoms with E-state index in [0.717, 1.165) is 12.8 Å². The lowest BCUT2D eigenvalue weighted by Crippen LogP contribution is -2.59. The van der Waals surface area contributed by atoms with E-state index in [4.69, 9.17) is 10.9 Å². The summed E-state index contributed by atoms with van der Waals surface area (Å²) in [6.45, 7) is 2.16. The van der Waals surface area contributed by atoms with E-state index >= 15 is 0 Å². The smallest absolute Gasteiger partial charge is 0.270 e. The molecule has 1 amide bonds. The van der Waals surface area contributed by atoms with Crippen LogP contribution in [-0.2, 0) is 0 Å². The molecule has 0 radical (unpaired) electrons. The number of nitrogens with one attached hydrogen (secondary N) is 1. The first-order valence-corrected chi connectivity index (χ1v) is 6.79. The first-order chi connectivity index (χ1) is 9.57. The van der Waals surface area contributed by atoms with Crippen molar-refractivity contribution in [2.24, 2.45) is 16.8 Å². The summed E-state index contributed by atoms with van der Waals surface area (Å²) in [5.74, 6) is 0.349. The highest BCUT2D eigenvalue weighted by Gasteiger charge is 2.40. The molecule has 0 bridgehead atoms. The van der Waals surface area contributed by atoms with Crippen molar-refractivity contribution in [3.05, 3.63) is 30.1 Å². The molecule has 1 fully saturated rings. The van der Waals surface area contributed by atoms with E-state index in [9.17, 15) is 4.79 Å². The second-order valence-corrected chi connectivity index (χ2v) is 5.42. The van der Waals surface area contributed by atoms with Crippen molar-refractivity contribution in [3.8, 4) is 0 Å². The van der Waals surface area contributed by atoms with Crippen molar-refractivity contribution in [1.29, 1.82) is 0 Å². The van der Waals surface area contributed by atoms with Gasteiger partial charge in [-0.1, -0.05) is 18.1 Å². The van der Waals surface area contributed by atoms with Crippen LogP contribution in [0.15, 0.2) is 29.6 Å². The Kier molecular flexibility index (Phi) is 4.22. The average Bonchev–Trinajstić information content (AvgIpc) is 2.49. The SMILES string of the molecule is CC1CCC(NC(=O)c2ccccn2)(/C(N)=N/O)CC1. The monoisotopic (exact) mass is 276 g/mol. The van der Waals surface area contributed by atoms with Gasteiger partial charge in [-0.3, -0.25) is 9.78 Å². The molecule has 1 saturated carbocycles. The highest BCUT2D eigenvalue weighted by Crippen LogP contribution is 2.32. The number of carbonyl (C=O) groups is 1. The standard InChI is InChI=1S/C14H20N4O2/c1-10-5-7-14(8-6-10,13(15)18-20)17-12(19)11-4-2-3-9-16-11/h2-4,9-10,20H,5-8H2,1H3,(H2,15,18)(H,17,19). The summed E-state index contributed by atoms with van der Waals surface area (Å²) in [5, 5.41) is 15.0. The number of hydrogen-bond donors (Lipinski definition) is 3. The van der Waals surface area contributed by atoms with Gasteiger partial charge in [0.05, 0.1) is 0 Å². The Labute approximate surface area is 118 Å². The molecule has 6 nitrogen and oxygen atoms in total. The fraction of sp³-hybridized carbons (Fsp3) is 0.500.